The van der Waals surface area contributed by atoms with Crippen LogP contribution in [0.2, 0.25) is 0 Å². The van der Waals surface area contributed by atoms with E-state index in [0.717, 1.165) is 28.4 Å². The molecule has 0 aliphatic heterocycles. The summed E-state index contributed by atoms with van der Waals surface area (Å²) >= 11 is 3.70. The molecule has 0 aliphatic carbocycles. The van der Waals surface area contributed by atoms with Gasteiger partial charge in [0.1, 0.15) is 0 Å². The van der Waals surface area contributed by atoms with Crippen molar-refractivity contribution in [3.63, 3.8) is 0 Å². The molecule has 0 fully saturated rings. The number of anilines is 5. The van der Waals surface area contributed by atoms with E-state index in [1.807, 2.05) is 22.7 Å². The molecule has 1 N–H and O–H groups in total. The monoisotopic (exact) mass is 674 g/mol. The molecule has 0 unspecified atom stereocenters. The highest BCUT2D eigenvalue weighted by Gasteiger charge is 2.16. The summed E-state index contributed by atoms with van der Waals surface area (Å²) < 4.78 is 5.20. The molecule has 0 bridgehead atoms. The van der Waals surface area contributed by atoms with E-state index in [1.54, 1.807) is 0 Å². The molecule has 10 aromatic rings. The van der Waals surface area contributed by atoms with Gasteiger partial charge in [-0.1, -0.05) is 91.0 Å². The maximum absolute atomic E-state index is 3.69. The van der Waals surface area contributed by atoms with Crippen molar-refractivity contribution in [1.82, 2.24) is 0 Å². The zero-order chi connectivity index (χ0) is 33.0. The van der Waals surface area contributed by atoms with Crippen molar-refractivity contribution >= 4 is 102 Å². The van der Waals surface area contributed by atoms with Gasteiger partial charge < -0.3 is 10.2 Å². The quantitative estimate of drug-likeness (QED) is 0.189. The average Bonchev–Trinajstić information content (AvgIpc) is 3.73. The number of benzene rings is 8. The lowest BCUT2D eigenvalue weighted by atomic mass is 10.0. The molecule has 0 spiro atoms. The first-order chi connectivity index (χ1) is 24.7. The van der Waals surface area contributed by atoms with E-state index in [0.29, 0.717) is 0 Å². The third kappa shape index (κ3) is 5.09. The topological polar surface area (TPSA) is 15.3 Å². The van der Waals surface area contributed by atoms with Gasteiger partial charge in [0.25, 0.3) is 0 Å². The van der Waals surface area contributed by atoms with Crippen molar-refractivity contribution in [2.75, 3.05) is 10.2 Å². The fourth-order valence-corrected chi connectivity index (χ4v) is 9.36. The third-order valence-electron chi connectivity index (χ3n) is 9.60. The molecule has 4 heteroatoms. The lowest BCUT2D eigenvalue weighted by molar-refractivity contribution is 1.29. The molecule has 2 nitrogen and oxygen atoms in total. The van der Waals surface area contributed by atoms with Crippen LogP contribution >= 0.6 is 22.7 Å². The van der Waals surface area contributed by atoms with Gasteiger partial charge in [-0.05, 0) is 107 Å². The summed E-state index contributed by atoms with van der Waals surface area (Å²) in [5.74, 6) is 0. The lowest BCUT2D eigenvalue weighted by Gasteiger charge is -2.26. The standard InChI is InChI=1S/C46H30N2S2/c1-2-10-36(11-3-1)48(37-20-16-31(17-21-37)33-15-14-30-8-4-5-9-32(30)26-33)38-22-25-45-42(29-38)40-23-18-35(28-46(40)50-45)47-34-19-24-44-41(27-34)39-12-6-7-13-43(39)49-44/h1-29,47H. The predicted molar refractivity (Wildman–Crippen MR) is 220 cm³/mol. The van der Waals surface area contributed by atoms with Crippen molar-refractivity contribution in [3.05, 3.63) is 176 Å². The highest BCUT2D eigenvalue weighted by Crippen LogP contribution is 2.42. The number of fused-ring (bicyclic) bond motifs is 7. The Morgan fingerprint density at radius 1 is 0.340 bits per heavy atom. The molecule has 0 amide bonds. The Kier molecular flexibility index (Phi) is 6.90. The van der Waals surface area contributed by atoms with Crippen molar-refractivity contribution in [1.29, 1.82) is 0 Å². The number of rotatable bonds is 6. The molecule has 2 heterocycles. The van der Waals surface area contributed by atoms with Gasteiger partial charge in [-0.2, -0.15) is 0 Å². The van der Waals surface area contributed by atoms with Crippen LogP contribution in [0.25, 0.3) is 62.2 Å². The number of hydrogen-bond acceptors (Lipinski definition) is 4. The highest BCUT2D eigenvalue weighted by atomic mass is 32.1. The second kappa shape index (κ2) is 11.9. The summed E-state index contributed by atoms with van der Waals surface area (Å²) in [5, 5.41) is 11.4. The molecule has 0 saturated carbocycles. The van der Waals surface area contributed by atoms with Crippen LogP contribution in [0.5, 0.6) is 0 Å². The van der Waals surface area contributed by atoms with Gasteiger partial charge in [-0.25, -0.2) is 0 Å². The van der Waals surface area contributed by atoms with Crippen LogP contribution in [0.4, 0.5) is 28.4 Å². The van der Waals surface area contributed by atoms with Gasteiger partial charge >= 0.3 is 0 Å². The summed E-state index contributed by atoms with van der Waals surface area (Å²) in [6.45, 7) is 0. The zero-order valence-electron chi connectivity index (χ0n) is 27.0. The molecule has 2 aromatic heterocycles. The summed E-state index contributed by atoms with van der Waals surface area (Å²) in [4.78, 5) is 2.35. The van der Waals surface area contributed by atoms with Gasteiger partial charge in [0, 0.05) is 68.8 Å². The van der Waals surface area contributed by atoms with Gasteiger partial charge in [-0.3, -0.25) is 0 Å². The first-order valence-corrected chi connectivity index (χ1v) is 18.5. The van der Waals surface area contributed by atoms with E-state index in [9.17, 15) is 0 Å². The Labute approximate surface area is 298 Å². The van der Waals surface area contributed by atoms with Crippen LogP contribution in [0, 0.1) is 0 Å². The minimum atomic E-state index is 1.10. The lowest BCUT2D eigenvalue weighted by Crippen LogP contribution is -2.09. The molecule has 10 rings (SSSR count). The Morgan fingerprint density at radius 3 is 1.82 bits per heavy atom. The number of nitrogens with one attached hydrogen (secondary N) is 1. The largest absolute Gasteiger partial charge is 0.355 e. The SMILES string of the molecule is c1ccc(N(c2ccc(-c3ccc4ccccc4c3)cc2)c2ccc3sc4cc(Nc5ccc6sc7ccccc7c6c5)ccc4c3c2)cc1. The summed E-state index contributed by atoms with van der Waals surface area (Å²) in [6, 6.07) is 63.8. The summed E-state index contributed by atoms with van der Waals surface area (Å²) in [7, 11) is 0. The van der Waals surface area contributed by atoms with Crippen molar-refractivity contribution in [3.8, 4) is 11.1 Å². The van der Waals surface area contributed by atoms with Gasteiger partial charge in [0.15, 0.2) is 0 Å². The van der Waals surface area contributed by atoms with E-state index >= 15 is 0 Å². The van der Waals surface area contributed by atoms with E-state index in [2.05, 4.69) is 186 Å². The molecular weight excluding hydrogens is 645 g/mol. The van der Waals surface area contributed by atoms with E-state index in [4.69, 9.17) is 0 Å². The van der Waals surface area contributed by atoms with Crippen LogP contribution in [-0.2, 0) is 0 Å². The Hall–Kier alpha value is -5.94. The van der Waals surface area contributed by atoms with Crippen LogP contribution in [-0.4, -0.2) is 0 Å². The molecule has 8 aromatic carbocycles. The molecule has 0 saturated heterocycles. The second-order valence-electron chi connectivity index (χ2n) is 12.7. The summed E-state index contributed by atoms with van der Waals surface area (Å²) in [5.41, 5.74) is 8.03. The molecule has 236 valence electrons. The molecule has 0 radical (unpaired) electrons. The number of nitrogens with zero attached hydrogens (tertiary/aromatic N) is 1. The molecular formula is C46H30N2S2. The number of thiophene rings is 2. The van der Waals surface area contributed by atoms with E-state index in [-0.39, 0.29) is 0 Å². The normalized spacial score (nSPS) is 11.6. The molecule has 50 heavy (non-hydrogen) atoms. The zero-order valence-corrected chi connectivity index (χ0v) is 28.6. The van der Waals surface area contributed by atoms with Gasteiger partial charge in [0.05, 0.1) is 0 Å². The number of para-hydroxylation sites is 1. The van der Waals surface area contributed by atoms with Crippen LogP contribution < -0.4 is 10.2 Å². The Balaban J connectivity index is 0.996. The summed E-state index contributed by atoms with van der Waals surface area (Å²) in [6.07, 6.45) is 0. The van der Waals surface area contributed by atoms with E-state index in [1.165, 1.54) is 62.2 Å². The predicted octanol–water partition coefficient (Wildman–Crippen LogP) is 14.5. The van der Waals surface area contributed by atoms with Gasteiger partial charge in [-0.15, -0.1) is 22.7 Å². The minimum absolute atomic E-state index is 1.10. The van der Waals surface area contributed by atoms with Crippen LogP contribution in [0.15, 0.2) is 176 Å². The number of hydrogen-bond donors (Lipinski definition) is 1. The molecule has 0 aliphatic rings. The fraction of sp³-hybridized carbons (Fsp3) is 0. The third-order valence-corrected chi connectivity index (χ3v) is 11.9. The van der Waals surface area contributed by atoms with Crippen LogP contribution in [0.1, 0.15) is 0 Å². The minimum Gasteiger partial charge on any atom is -0.355 e. The maximum atomic E-state index is 3.69. The second-order valence-corrected chi connectivity index (χ2v) is 14.9. The van der Waals surface area contributed by atoms with Crippen molar-refractivity contribution < 1.29 is 0 Å². The Bertz CT molecular complexity index is 2850. The first kappa shape index (κ1) is 29.0. The smallest absolute Gasteiger partial charge is 0.0468 e. The highest BCUT2D eigenvalue weighted by molar-refractivity contribution is 7.26. The van der Waals surface area contributed by atoms with Crippen LogP contribution in [0.3, 0.4) is 0 Å². The Morgan fingerprint density at radius 2 is 0.940 bits per heavy atom. The fourth-order valence-electron chi connectivity index (χ4n) is 7.15. The average molecular weight is 675 g/mol. The van der Waals surface area contributed by atoms with Crippen molar-refractivity contribution in [2.45, 2.75) is 0 Å². The molecule has 0 atom stereocenters. The van der Waals surface area contributed by atoms with Gasteiger partial charge in [0.2, 0.25) is 0 Å². The van der Waals surface area contributed by atoms with E-state index < -0.39 is 0 Å². The van der Waals surface area contributed by atoms with Crippen molar-refractivity contribution in [2.24, 2.45) is 0 Å². The first-order valence-electron chi connectivity index (χ1n) is 16.8. The maximum Gasteiger partial charge on any atom is 0.0468 e.